The average molecular weight is 510 g/mol. The number of pyridine rings is 1. The maximum atomic E-state index is 13.5. The molecule has 0 spiro atoms. The molecule has 9 nitrogen and oxygen atoms in total. The molecule has 0 aliphatic heterocycles. The number of H-pyrrole nitrogens is 1. The van der Waals surface area contributed by atoms with Crippen LogP contribution in [0.1, 0.15) is 5.56 Å². The monoisotopic (exact) mass is 509 g/mol. The van der Waals surface area contributed by atoms with Crippen molar-refractivity contribution in [1.82, 2.24) is 19.3 Å². The van der Waals surface area contributed by atoms with Gasteiger partial charge in [0, 0.05) is 39.2 Å². The van der Waals surface area contributed by atoms with E-state index in [-0.39, 0.29) is 16.7 Å². The van der Waals surface area contributed by atoms with E-state index in [4.69, 9.17) is 9.47 Å². The number of aromatic nitrogens is 4. The van der Waals surface area contributed by atoms with Gasteiger partial charge in [-0.25, -0.2) is 14.3 Å². The van der Waals surface area contributed by atoms with E-state index >= 15 is 0 Å². The largest absolute Gasteiger partial charge is 0.497 e. The van der Waals surface area contributed by atoms with Gasteiger partial charge in [-0.2, -0.15) is 12.8 Å². The zero-order chi connectivity index (χ0) is 21.3. The Morgan fingerprint density at radius 2 is 2.03 bits per heavy atom. The van der Waals surface area contributed by atoms with Gasteiger partial charge in [-0.1, -0.05) is 0 Å². The number of methoxy groups -OCH3 is 2. The van der Waals surface area contributed by atoms with Gasteiger partial charge in [0.05, 0.1) is 20.8 Å². The van der Waals surface area contributed by atoms with Crippen molar-refractivity contribution in [3.05, 3.63) is 52.9 Å². The quantitative estimate of drug-likeness (QED) is 0.405. The predicted octanol–water partition coefficient (Wildman–Crippen LogP) is 3.59. The fourth-order valence-electron chi connectivity index (χ4n) is 2.88. The van der Waals surface area contributed by atoms with E-state index in [1.807, 2.05) is 0 Å². The number of fused-ring (bicyclic) bond motifs is 1. The van der Waals surface area contributed by atoms with Gasteiger partial charge < -0.3 is 14.5 Å². The molecular weight excluding hydrogens is 494 g/mol. The number of ether oxygens (including phenoxy) is 2. The Balaban J connectivity index is 1.79. The molecule has 3 aromatic heterocycles. The van der Waals surface area contributed by atoms with Crippen LogP contribution in [-0.2, 0) is 16.6 Å². The molecule has 30 heavy (non-hydrogen) atoms. The van der Waals surface area contributed by atoms with Gasteiger partial charge in [-0.15, -0.1) is 0 Å². The highest BCUT2D eigenvalue weighted by molar-refractivity contribution is 9.10. The van der Waals surface area contributed by atoms with E-state index < -0.39 is 10.0 Å². The van der Waals surface area contributed by atoms with E-state index in [0.29, 0.717) is 22.7 Å². The summed E-state index contributed by atoms with van der Waals surface area (Å²) >= 11 is 4.38. The first-order valence-electron chi connectivity index (χ1n) is 8.58. The van der Waals surface area contributed by atoms with E-state index in [9.17, 15) is 8.42 Å². The molecule has 0 aliphatic rings. The summed E-state index contributed by atoms with van der Waals surface area (Å²) in [6.07, 6.45) is 3.02. The highest BCUT2D eigenvalue weighted by Gasteiger charge is 2.30. The molecule has 156 valence electrons. The number of anilines is 1. The average Bonchev–Trinajstić information content (AvgIpc) is 3.41. The zero-order valence-electron chi connectivity index (χ0n) is 15.9. The van der Waals surface area contributed by atoms with Crippen LogP contribution in [0.25, 0.3) is 11.0 Å². The Labute approximate surface area is 185 Å². The van der Waals surface area contributed by atoms with Crippen LogP contribution in [0, 0.1) is 0 Å². The summed E-state index contributed by atoms with van der Waals surface area (Å²) in [6.45, 7) is -0.0150. The first kappa shape index (κ1) is 20.6. The first-order chi connectivity index (χ1) is 14.4. The van der Waals surface area contributed by atoms with Crippen molar-refractivity contribution >= 4 is 53.7 Å². The SMILES string of the molecule is COc1ccc(CN(c2ncns2)S(=O)(=O)c2ccc3c(Br)c[nH]c3n2)c(OC)c1. The molecule has 12 heteroatoms. The van der Waals surface area contributed by atoms with Gasteiger partial charge >= 0.3 is 0 Å². The van der Waals surface area contributed by atoms with Crippen molar-refractivity contribution in [2.24, 2.45) is 0 Å². The van der Waals surface area contributed by atoms with E-state index in [1.54, 1.807) is 37.6 Å². The van der Waals surface area contributed by atoms with Gasteiger partial charge in [0.1, 0.15) is 23.5 Å². The fraction of sp³-hybridized carbons (Fsp3) is 0.167. The second kappa shape index (κ2) is 8.20. The van der Waals surface area contributed by atoms with E-state index in [2.05, 4.69) is 35.3 Å². The van der Waals surface area contributed by atoms with Crippen molar-refractivity contribution in [3.8, 4) is 11.5 Å². The normalized spacial score (nSPS) is 11.6. The van der Waals surface area contributed by atoms with Crippen LogP contribution in [-0.4, -0.2) is 42.0 Å². The minimum atomic E-state index is -4.04. The standard InChI is InChI=1S/C18H16BrN5O4S2/c1-27-12-4-3-11(15(7-12)28-2)9-24(18-21-10-22-29-18)30(25,26)16-6-5-13-14(19)8-20-17(13)23-16/h3-8,10H,9H2,1-2H3,(H,20,23). The highest BCUT2D eigenvalue weighted by atomic mass is 79.9. The van der Waals surface area contributed by atoms with Gasteiger partial charge in [-0.3, -0.25) is 0 Å². The summed E-state index contributed by atoms with van der Waals surface area (Å²) < 4.78 is 43.6. The summed E-state index contributed by atoms with van der Waals surface area (Å²) in [5.41, 5.74) is 1.10. The van der Waals surface area contributed by atoms with Crippen LogP contribution in [0.4, 0.5) is 5.13 Å². The molecule has 1 aromatic carbocycles. The van der Waals surface area contributed by atoms with Crippen LogP contribution in [0.5, 0.6) is 11.5 Å². The van der Waals surface area contributed by atoms with Crippen molar-refractivity contribution in [2.75, 3.05) is 18.5 Å². The summed E-state index contributed by atoms with van der Waals surface area (Å²) in [6, 6.07) is 8.35. The molecule has 4 rings (SSSR count). The predicted molar refractivity (Wildman–Crippen MR) is 117 cm³/mol. The molecule has 0 unspecified atom stereocenters. The molecular formula is C18H16BrN5O4S2. The minimum Gasteiger partial charge on any atom is -0.497 e. The lowest BCUT2D eigenvalue weighted by atomic mass is 10.2. The van der Waals surface area contributed by atoms with Crippen LogP contribution in [0.15, 0.2) is 52.4 Å². The molecule has 0 saturated heterocycles. The number of aromatic amines is 1. The summed E-state index contributed by atoms with van der Waals surface area (Å²) in [4.78, 5) is 11.4. The molecule has 0 saturated carbocycles. The van der Waals surface area contributed by atoms with E-state index in [0.717, 1.165) is 21.4 Å². The molecule has 0 fully saturated rings. The Morgan fingerprint density at radius 3 is 2.73 bits per heavy atom. The lowest BCUT2D eigenvalue weighted by Crippen LogP contribution is -2.31. The number of hydrogen-bond donors (Lipinski definition) is 1. The highest BCUT2D eigenvalue weighted by Crippen LogP contribution is 2.32. The molecule has 0 aliphatic carbocycles. The second-order valence-corrected chi connectivity index (χ2v) is 9.52. The molecule has 0 radical (unpaired) electrons. The van der Waals surface area contributed by atoms with Gasteiger partial charge in [-0.05, 0) is 40.2 Å². The summed E-state index contributed by atoms with van der Waals surface area (Å²) in [7, 11) is -0.974. The summed E-state index contributed by atoms with van der Waals surface area (Å²) in [5, 5.41) is 0.905. The van der Waals surface area contributed by atoms with Crippen molar-refractivity contribution < 1.29 is 17.9 Å². The molecule has 3 heterocycles. The number of nitrogens with one attached hydrogen (secondary N) is 1. The van der Waals surface area contributed by atoms with Gasteiger partial charge in [0.2, 0.25) is 5.13 Å². The number of halogens is 1. The Kier molecular flexibility index (Phi) is 5.62. The van der Waals surface area contributed by atoms with E-state index in [1.165, 1.54) is 23.8 Å². The van der Waals surface area contributed by atoms with Crippen LogP contribution in [0.3, 0.4) is 0 Å². The Hall–Kier alpha value is -2.70. The van der Waals surface area contributed by atoms with Crippen molar-refractivity contribution in [3.63, 3.8) is 0 Å². The molecule has 4 aromatic rings. The van der Waals surface area contributed by atoms with Crippen molar-refractivity contribution in [2.45, 2.75) is 11.6 Å². The van der Waals surface area contributed by atoms with Crippen LogP contribution in [0.2, 0.25) is 0 Å². The smallest absolute Gasteiger partial charge is 0.284 e. The second-order valence-electron chi connectivity index (χ2n) is 6.10. The third-order valence-corrected chi connectivity index (χ3v) is 7.49. The lowest BCUT2D eigenvalue weighted by molar-refractivity contribution is 0.391. The van der Waals surface area contributed by atoms with Crippen molar-refractivity contribution in [1.29, 1.82) is 0 Å². The third kappa shape index (κ3) is 3.73. The zero-order valence-corrected chi connectivity index (χ0v) is 19.1. The molecule has 0 atom stereocenters. The minimum absolute atomic E-state index is 0.0150. The fourth-order valence-corrected chi connectivity index (χ4v) is 5.38. The first-order valence-corrected chi connectivity index (χ1v) is 11.6. The molecule has 0 bridgehead atoms. The maximum Gasteiger partial charge on any atom is 0.284 e. The number of sulfonamides is 1. The number of hydrogen-bond acceptors (Lipinski definition) is 8. The number of rotatable bonds is 7. The summed E-state index contributed by atoms with van der Waals surface area (Å²) in [5.74, 6) is 1.10. The lowest BCUT2D eigenvalue weighted by Gasteiger charge is -2.22. The van der Waals surface area contributed by atoms with Gasteiger partial charge in [0.25, 0.3) is 10.0 Å². The number of nitrogens with zero attached hydrogens (tertiary/aromatic N) is 4. The Morgan fingerprint density at radius 1 is 1.20 bits per heavy atom. The molecule has 1 N–H and O–H groups in total. The Bertz CT molecular complexity index is 1290. The maximum absolute atomic E-state index is 13.5. The topological polar surface area (TPSA) is 110 Å². The van der Waals surface area contributed by atoms with Crippen LogP contribution >= 0.6 is 27.5 Å². The van der Waals surface area contributed by atoms with Gasteiger partial charge in [0.15, 0.2) is 5.03 Å². The number of benzene rings is 1. The molecule has 0 amide bonds. The van der Waals surface area contributed by atoms with Crippen LogP contribution < -0.4 is 13.8 Å². The third-order valence-electron chi connectivity index (χ3n) is 4.39.